The molecule has 8 nitrogen and oxygen atoms in total. The van der Waals surface area contributed by atoms with Gasteiger partial charge in [0, 0.05) is 18.7 Å². The molecule has 200 valence electrons. The Morgan fingerprint density at radius 2 is 1.61 bits per heavy atom. The number of hydrogen-bond acceptors (Lipinski definition) is 5. The van der Waals surface area contributed by atoms with Crippen molar-refractivity contribution < 1.29 is 23.5 Å². The van der Waals surface area contributed by atoms with Gasteiger partial charge in [-0.2, -0.15) is 0 Å². The number of benzene rings is 3. The van der Waals surface area contributed by atoms with E-state index in [0.29, 0.717) is 30.0 Å². The number of methoxy groups -OCH3 is 2. The standard InChI is InChI=1S/C29H33FN4O4/c1-37-25-13-7-6-11-22(25)19-33-29(36)24(12-8-16-32-27(31)18-30)34-28(35)23-17-21(14-15-26(23)38-2)20-9-4-3-5-10-20/h3-7,9-11,13-15,17,24H,8,12,16,18-19H2,1-2H3,(H2,31,32)(H,33,36)(H,34,35). The molecule has 0 radical (unpaired) electrons. The summed E-state index contributed by atoms with van der Waals surface area (Å²) >= 11 is 0. The zero-order valence-electron chi connectivity index (χ0n) is 21.6. The predicted octanol–water partition coefficient (Wildman–Crippen LogP) is 4.10. The van der Waals surface area contributed by atoms with Gasteiger partial charge in [0.1, 0.15) is 30.1 Å². The fraction of sp³-hybridized carbons (Fsp3) is 0.276. The summed E-state index contributed by atoms with van der Waals surface area (Å²) in [7, 11) is 3.04. The molecular formula is C29H33FN4O4. The average Bonchev–Trinajstić information content (AvgIpc) is 2.97. The van der Waals surface area contributed by atoms with Crippen molar-refractivity contribution in [3.05, 3.63) is 83.9 Å². The molecule has 2 amide bonds. The van der Waals surface area contributed by atoms with Gasteiger partial charge in [-0.05, 0) is 42.2 Å². The molecule has 0 aliphatic rings. The Balaban J connectivity index is 1.77. The summed E-state index contributed by atoms with van der Waals surface area (Å²) < 4.78 is 23.4. The van der Waals surface area contributed by atoms with Gasteiger partial charge >= 0.3 is 0 Å². The molecule has 0 saturated carbocycles. The molecule has 0 saturated heterocycles. The normalized spacial score (nSPS) is 11.2. The molecule has 1 atom stereocenters. The lowest BCUT2D eigenvalue weighted by molar-refractivity contribution is -0.123. The molecule has 0 heterocycles. The predicted molar refractivity (Wildman–Crippen MR) is 145 cm³/mol. The third-order valence-corrected chi connectivity index (χ3v) is 5.96. The van der Waals surface area contributed by atoms with Crippen molar-refractivity contribution >= 4 is 17.6 Å². The van der Waals surface area contributed by atoms with Crippen molar-refractivity contribution in [2.24, 2.45) is 0 Å². The molecular weight excluding hydrogens is 487 g/mol. The molecule has 0 bridgehead atoms. The fourth-order valence-electron chi connectivity index (χ4n) is 3.95. The summed E-state index contributed by atoms with van der Waals surface area (Å²) in [5.74, 6) is -0.0311. The van der Waals surface area contributed by atoms with Crippen LogP contribution in [0, 0.1) is 5.41 Å². The second kappa shape index (κ2) is 14.4. The maximum absolute atomic E-state index is 13.4. The van der Waals surface area contributed by atoms with Crippen molar-refractivity contribution in [3.63, 3.8) is 0 Å². The van der Waals surface area contributed by atoms with Gasteiger partial charge in [-0.1, -0.05) is 54.6 Å². The maximum atomic E-state index is 13.4. The van der Waals surface area contributed by atoms with E-state index in [0.717, 1.165) is 16.7 Å². The number of carbonyl (C=O) groups is 2. The Morgan fingerprint density at radius 3 is 2.32 bits per heavy atom. The summed E-state index contributed by atoms with van der Waals surface area (Å²) in [6.07, 6.45) is 0.702. The van der Waals surface area contributed by atoms with Crippen LogP contribution >= 0.6 is 0 Å². The van der Waals surface area contributed by atoms with Gasteiger partial charge in [0.25, 0.3) is 5.91 Å². The van der Waals surface area contributed by atoms with Crippen molar-refractivity contribution in [2.45, 2.75) is 25.4 Å². The van der Waals surface area contributed by atoms with Gasteiger partial charge in [0.05, 0.1) is 19.8 Å². The second-order valence-corrected chi connectivity index (χ2v) is 8.52. The van der Waals surface area contributed by atoms with Crippen LogP contribution in [0.15, 0.2) is 72.8 Å². The Labute approximate surface area is 222 Å². The first-order valence-corrected chi connectivity index (χ1v) is 12.3. The molecule has 4 N–H and O–H groups in total. The number of amides is 2. The van der Waals surface area contributed by atoms with E-state index in [4.69, 9.17) is 14.9 Å². The zero-order chi connectivity index (χ0) is 27.3. The number of carbonyl (C=O) groups excluding carboxylic acids is 2. The highest BCUT2D eigenvalue weighted by Gasteiger charge is 2.23. The Morgan fingerprint density at radius 1 is 0.895 bits per heavy atom. The van der Waals surface area contributed by atoms with Crippen LogP contribution in [0.1, 0.15) is 28.8 Å². The Kier molecular flexibility index (Phi) is 10.7. The first-order chi connectivity index (χ1) is 18.5. The van der Waals surface area contributed by atoms with Gasteiger partial charge in [0.15, 0.2) is 0 Å². The molecule has 0 aromatic heterocycles. The number of halogens is 1. The van der Waals surface area contributed by atoms with Crippen LogP contribution in [-0.2, 0) is 11.3 Å². The number of alkyl halides is 1. The van der Waals surface area contributed by atoms with Crippen LogP contribution in [0.2, 0.25) is 0 Å². The van der Waals surface area contributed by atoms with E-state index in [-0.39, 0.29) is 24.7 Å². The van der Waals surface area contributed by atoms with Gasteiger partial charge in [-0.15, -0.1) is 0 Å². The maximum Gasteiger partial charge on any atom is 0.255 e. The van der Waals surface area contributed by atoms with Crippen LogP contribution in [0.4, 0.5) is 4.39 Å². The third kappa shape index (κ3) is 7.80. The van der Waals surface area contributed by atoms with Gasteiger partial charge in [-0.25, -0.2) is 4.39 Å². The largest absolute Gasteiger partial charge is 0.496 e. The number of para-hydroxylation sites is 1. The molecule has 3 rings (SSSR count). The fourth-order valence-corrected chi connectivity index (χ4v) is 3.95. The summed E-state index contributed by atoms with van der Waals surface area (Å²) in [5, 5.41) is 15.8. The molecule has 1 unspecified atom stereocenters. The lowest BCUT2D eigenvalue weighted by Crippen LogP contribution is -2.47. The first kappa shape index (κ1) is 28.2. The van der Waals surface area contributed by atoms with Crippen LogP contribution < -0.4 is 25.4 Å². The minimum atomic E-state index is -0.892. The highest BCUT2D eigenvalue weighted by molar-refractivity contribution is 6.00. The van der Waals surface area contributed by atoms with E-state index in [9.17, 15) is 14.0 Å². The van der Waals surface area contributed by atoms with Gasteiger partial charge < -0.3 is 25.4 Å². The minimum absolute atomic E-state index is 0.215. The van der Waals surface area contributed by atoms with E-state index < -0.39 is 18.6 Å². The van der Waals surface area contributed by atoms with E-state index in [1.807, 2.05) is 54.6 Å². The molecule has 0 spiro atoms. The quantitative estimate of drug-likeness (QED) is 0.154. The Bertz CT molecular complexity index is 1240. The molecule has 38 heavy (non-hydrogen) atoms. The van der Waals surface area contributed by atoms with E-state index >= 15 is 0 Å². The summed E-state index contributed by atoms with van der Waals surface area (Å²) in [6.45, 7) is -0.383. The van der Waals surface area contributed by atoms with Crippen LogP contribution in [0.3, 0.4) is 0 Å². The third-order valence-electron chi connectivity index (χ3n) is 5.96. The number of ether oxygens (including phenoxy) is 2. The zero-order valence-corrected chi connectivity index (χ0v) is 21.6. The molecule has 0 aliphatic heterocycles. The molecule has 0 fully saturated rings. The van der Waals surface area contributed by atoms with Crippen molar-refractivity contribution in [3.8, 4) is 22.6 Å². The number of rotatable bonds is 13. The minimum Gasteiger partial charge on any atom is -0.496 e. The number of amidine groups is 1. The van der Waals surface area contributed by atoms with Gasteiger partial charge in [-0.3, -0.25) is 15.0 Å². The van der Waals surface area contributed by atoms with Gasteiger partial charge in [0.2, 0.25) is 5.91 Å². The van der Waals surface area contributed by atoms with Crippen LogP contribution in [0.5, 0.6) is 11.5 Å². The summed E-state index contributed by atoms with van der Waals surface area (Å²) in [4.78, 5) is 26.6. The van der Waals surface area contributed by atoms with E-state index in [2.05, 4.69) is 16.0 Å². The number of nitrogens with one attached hydrogen (secondary N) is 4. The highest BCUT2D eigenvalue weighted by atomic mass is 19.1. The smallest absolute Gasteiger partial charge is 0.255 e. The number of hydrogen-bond donors (Lipinski definition) is 4. The summed E-state index contributed by atoms with van der Waals surface area (Å²) in [5.41, 5.74) is 2.87. The highest BCUT2D eigenvalue weighted by Crippen LogP contribution is 2.27. The molecule has 0 aliphatic carbocycles. The topological polar surface area (TPSA) is 113 Å². The second-order valence-electron chi connectivity index (χ2n) is 8.52. The molecule has 3 aromatic carbocycles. The molecule has 3 aromatic rings. The monoisotopic (exact) mass is 520 g/mol. The summed E-state index contributed by atoms with van der Waals surface area (Å²) in [6, 6.07) is 21.4. The van der Waals surface area contributed by atoms with Crippen LogP contribution in [-0.4, -0.2) is 51.1 Å². The molecule has 9 heteroatoms. The first-order valence-electron chi connectivity index (χ1n) is 12.3. The lowest BCUT2D eigenvalue weighted by atomic mass is 10.0. The Hall–Kier alpha value is -4.40. The van der Waals surface area contributed by atoms with Crippen molar-refractivity contribution in [1.29, 1.82) is 5.41 Å². The lowest BCUT2D eigenvalue weighted by Gasteiger charge is -2.20. The van der Waals surface area contributed by atoms with Crippen molar-refractivity contribution in [1.82, 2.24) is 16.0 Å². The van der Waals surface area contributed by atoms with Crippen LogP contribution in [0.25, 0.3) is 11.1 Å². The SMILES string of the molecule is COc1ccccc1CNC(=O)C(CCCNC(=N)CF)NC(=O)c1cc(-c2ccccc2)ccc1OC. The van der Waals surface area contributed by atoms with E-state index in [1.165, 1.54) is 7.11 Å². The van der Waals surface area contributed by atoms with Crippen molar-refractivity contribution in [2.75, 3.05) is 27.4 Å². The van der Waals surface area contributed by atoms with E-state index in [1.54, 1.807) is 25.3 Å². The average molecular weight is 521 g/mol.